The largest absolute Gasteiger partial charge is 0.505 e. The second kappa shape index (κ2) is 10.1. The number of hydrogen-bond acceptors (Lipinski definition) is 5. The average Bonchev–Trinajstić information content (AvgIpc) is 3.24. The molecule has 8 heteroatoms. The monoisotopic (exact) mass is 492 g/mol. The molecule has 0 atom stereocenters. The molecular formula is C27H29ClN4O3. The number of rotatable bonds is 7. The van der Waals surface area contributed by atoms with Crippen molar-refractivity contribution in [3.8, 4) is 22.6 Å². The van der Waals surface area contributed by atoms with Gasteiger partial charge in [-0.3, -0.25) is 4.79 Å². The van der Waals surface area contributed by atoms with Gasteiger partial charge in [0.1, 0.15) is 16.7 Å². The maximum Gasteiger partial charge on any atom is 0.220 e. The Morgan fingerprint density at radius 3 is 2.43 bits per heavy atom. The van der Waals surface area contributed by atoms with Gasteiger partial charge >= 0.3 is 0 Å². The molecule has 3 N–H and O–H groups in total. The Bertz CT molecular complexity index is 1360. The van der Waals surface area contributed by atoms with Crippen LogP contribution in [-0.4, -0.2) is 44.3 Å². The summed E-state index contributed by atoms with van der Waals surface area (Å²) < 4.78 is 0. The Morgan fingerprint density at radius 1 is 1.03 bits per heavy atom. The van der Waals surface area contributed by atoms with E-state index < -0.39 is 0 Å². The molecule has 0 radical (unpaired) electrons. The molecule has 0 saturated heterocycles. The molecule has 0 spiro atoms. The number of aliphatic hydroxyl groups excluding tert-OH is 1. The fourth-order valence-corrected chi connectivity index (χ4v) is 3.98. The quantitative estimate of drug-likeness (QED) is 0.344. The Hall–Kier alpha value is -3.42. The van der Waals surface area contributed by atoms with E-state index in [0.717, 1.165) is 16.7 Å². The predicted octanol–water partition coefficient (Wildman–Crippen LogP) is 4.79. The van der Waals surface area contributed by atoms with Crippen LogP contribution in [0.1, 0.15) is 38.3 Å². The maximum atomic E-state index is 11.8. The first-order valence-corrected chi connectivity index (χ1v) is 11.9. The molecule has 182 valence electrons. The van der Waals surface area contributed by atoms with Crippen LogP contribution in [0.3, 0.4) is 0 Å². The SMILES string of the molecule is CC(C)(C)c1cc(-c2ccc(CCC(=O)NCCO)cc2)c(O)c(-n2nc3ccc(Cl)cc3n2)c1. The van der Waals surface area contributed by atoms with Crippen LogP contribution in [0.15, 0.2) is 54.6 Å². The van der Waals surface area contributed by atoms with Gasteiger partial charge in [0.25, 0.3) is 0 Å². The minimum Gasteiger partial charge on any atom is -0.505 e. The number of aliphatic hydroxyl groups is 1. The first kappa shape index (κ1) is 24.7. The molecule has 3 aromatic carbocycles. The van der Waals surface area contributed by atoms with Gasteiger partial charge in [0.2, 0.25) is 5.91 Å². The van der Waals surface area contributed by atoms with Crippen molar-refractivity contribution in [2.45, 2.75) is 39.0 Å². The van der Waals surface area contributed by atoms with E-state index in [9.17, 15) is 9.90 Å². The summed E-state index contributed by atoms with van der Waals surface area (Å²) in [5.41, 5.74) is 5.22. The van der Waals surface area contributed by atoms with Crippen molar-refractivity contribution in [1.82, 2.24) is 20.3 Å². The number of hydrogen-bond donors (Lipinski definition) is 3. The van der Waals surface area contributed by atoms with Crippen molar-refractivity contribution in [1.29, 1.82) is 0 Å². The van der Waals surface area contributed by atoms with Crippen molar-refractivity contribution in [3.05, 3.63) is 70.7 Å². The minimum absolute atomic E-state index is 0.0721. The van der Waals surface area contributed by atoms with E-state index in [-0.39, 0.29) is 30.2 Å². The second-order valence-electron chi connectivity index (χ2n) is 9.53. The number of phenols is 1. The zero-order valence-electron chi connectivity index (χ0n) is 20.0. The molecule has 1 heterocycles. The van der Waals surface area contributed by atoms with Gasteiger partial charge < -0.3 is 15.5 Å². The van der Waals surface area contributed by atoms with Crippen molar-refractivity contribution in [2.75, 3.05) is 13.2 Å². The van der Waals surface area contributed by atoms with Crippen LogP contribution in [0, 0.1) is 0 Å². The van der Waals surface area contributed by atoms with Gasteiger partial charge in [0.05, 0.1) is 6.61 Å². The normalized spacial score (nSPS) is 11.7. The van der Waals surface area contributed by atoms with Crippen LogP contribution in [0.4, 0.5) is 0 Å². The molecule has 0 aliphatic rings. The highest BCUT2D eigenvalue weighted by Gasteiger charge is 2.22. The fraction of sp³-hybridized carbons (Fsp3) is 0.296. The van der Waals surface area contributed by atoms with Gasteiger partial charge in [-0.1, -0.05) is 56.6 Å². The van der Waals surface area contributed by atoms with E-state index in [4.69, 9.17) is 16.7 Å². The number of aromatic hydroxyl groups is 1. The number of amides is 1. The van der Waals surface area contributed by atoms with Crippen LogP contribution >= 0.6 is 11.6 Å². The molecule has 4 rings (SSSR count). The summed E-state index contributed by atoms with van der Waals surface area (Å²) in [5, 5.41) is 32.4. The number of aryl methyl sites for hydroxylation is 1. The molecule has 7 nitrogen and oxygen atoms in total. The first-order valence-electron chi connectivity index (χ1n) is 11.5. The summed E-state index contributed by atoms with van der Waals surface area (Å²) in [7, 11) is 0. The average molecular weight is 493 g/mol. The Labute approximate surface area is 209 Å². The van der Waals surface area contributed by atoms with Crippen LogP contribution in [0.25, 0.3) is 27.8 Å². The Kier molecular flexibility index (Phi) is 7.10. The standard InChI is InChI=1S/C27H29ClN4O3/c1-27(2,3)19-14-21(18-7-4-17(5-8-18)6-11-25(34)29-12-13-33)26(35)24(15-19)32-30-22-10-9-20(28)16-23(22)31-32/h4-5,7-10,14-16,33,35H,6,11-13H2,1-3H3,(H,29,34). The summed E-state index contributed by atoms with van der Waals surface area (Å²) in [6, 6.07) is 17.0. The number of fused-ring (bicyclic) bond motifs is 1. The van der Waals surface area contributed by atoms with Crippen LogP contribution in [0.2, 0.25) is 5.02 Å². The zero-order valence-corrected chi connectivity index (χ0v) is 20.8. The molecule has 1 aromatic heterocycles. The maximum absolute atomic E-state index is 11.8. The van der Waals surface area contributed by atoms with Gasteiger partial charge in [0.15, 0.2) is 5.75 Å². The van der Waals surface area contributed by atoms with Crippen molar-refractivity contribution in [3.63, 3.8) is 0 Å². The fourth-order valence-electron chi connectivity index (χ4n) is 3.81. The molecule has 0 bridgehead atoms. The zero-order chi connectivity index (χ0) is 25.2. The number of carbonyl (C=O) groups is 1. The van der Waals surface area contributed by atoms with Gasteiger partial charge in [-0.15, -0.1) is 15.0 Å². The lowest BCUT2D eigenvalue weighted by molar-refractivity contribution is -0.121. The van der Waals surface area contributed by atoms with Gasteiger partial charge in [-0.25, -0.2) is 0 Å². The van der Waals surface area contributed by atoms with E-state index >= 15 is 0 Å². The molecule has 0 saturated carbocycles. The van der Waals surface area contributed by atoms with E-state index in [1.165, 1.54) is 4.80 Å². The number of aromatic nitrogens is 3. The lowest BCUT2D eigenvalue weighted by Crippen LogP contribution is -2.26. The number of benzene rings is 3. The summed E-state index contributed by atoms with van der Waals surface area (Å²) >= 11 is 6.11. The molecule has 0 aliphatic carbocycles. The Morgan fingerprint density at radius 2 is 1.74 bits per heavy atom. The van der Waals surface area contributed by atoms with E-state index in [2.05, 4.69) is 36.3 Å². The first-order chi connectivity index (χ1) is 16.7. The Balaban J connectivity index is 1.70. The molecule has 0 aliphatic heterocycles. The molecule has 0 unspecified atom stereocenters. The topological polar surface area (TPSA) is 100 Å². The number of nitrogens with zero attached hydrogens (tertiary/aromatic N) is 3. The smallest absolute Gasteiger partial charge is 0.220 e. The summed E-state index contributed by atoms with van der Waals surface area (Å²) in [6.07, 6.45) is 0.931. The highest BCUT2D eigenvalue weighted by atomic mass is 35.5. The van der Waals surface area contributed by atoms with Crippen LogP contribution in [0.5, 0.6) is 5.75 Å². The van der Waals surface area contributed by atoms with E-state index in [1.807, 2.05) is 36.4 Å². The molecule has 0 fully saturated rings. The highest BCUT2D eigenvalue weighted by Crippen LogP contribution is 2.39. The summed E-state index contributed by atoms with van der Waals surface area (Å²) in [6.45, 7) is 6.54. The lowest BCUT2D eigenvalue weighted by Gasteiger charge is -2.22. The number of carbonyl (C=O) groups excluding carboxylic acids is 1. The van der Waals surface area contributed by atoms with Crippen molar-refractivity contribution in [2.24, 2.45) is 0 Å². The lowest BCUT2D eigenvalue weighted by atomic mass is 9.84. The number of nitrogens with one attached hydrogen (secondary N) is 1. The third-order valence-corrected chi connectivity index (χ3v) is 6.09. The van der Waals surface area contributed by atoms with Crippen molar-refractivity contribution < 1.29 is 15.0 Å². The second-order valence-corrected chi connectivity index (χ2v) is 9.97. The van der Waals surface area contributed by atoms with Gasteiger partial charge in [-0.05, 0) is 58.9 Å². The van der Waals surface area contributed by atoms with Gasteiger partial charge in [-0.2, -0.15) is 0 Å². The highest BCUT2D eigenvalue weighted by molar-refractivity contribution is 6.31. The van der Waals surface area contributed by atoms with E-state index in [0.29, 0.717) is 40.1 Å². The third-order valence-electron chi connectivity index (χ3n) is 5.85. The summed E-state index contributed by atoms with van der Waals surface area (Å²) in [4.78, 5) is 13.3. The van der Waals surface area contributed by atoms with Gasteiger partial charge in [0, 0.05) is 23.6 Å². The minimum atomic E-state index is -0.172. The van der Waals surface area contributed by atoms with E-state index in [1.54, 1.807) is 18.2 Å². The summed E-state index contributed by atoms with van der Waals surface area (Å²) in [5.74, 6) is -0.00998. The van der Waals surface area contributed by atoms with Crippen LogP contribution < -0.4 is 5.32 Å². The number of halogens is 1. The third kappa shape index (κ3) is 5.63. The molecule has 1 amide bonds. The molecular weight excluding hydrogens is 464 g/mol. The molecule has 35 heavy (non-hydrogen) atoms. The predicted molar refractivity (Wildman–Crippen MR) is 138 cm³/mol. The number of phenolic OH excluding ortho intramolecular Hbond substituents is 1. The molecule has 4 aromatic rings. The van der Waals surface area contributed by atoms with Crippen molar-refractivity contribution >= 4 is 28.5 Å². The van der Waals surface area contributed by atoms with Crippen LogP contribution in [-0.2, 0) is 16.6 Å².